The molecule has 0 unspecified atom stereocenters. The van der Waals surface area contributed by atoms with Crippen LogP contribution in [0.4, 0.5) is 0 Å². The lowest BCUT2D eigenvalue weighted by atomic mass is 10.1. The van der Waals surface area contributed by atoms with Crippen LogP contribution in [-0.2, 0) is 17.8 Å². The van der Waals surface area contributed by atoms with Crippen molar-refractivity contribution in [2.24, 2.45) is 0 Å². The van der Waals surface area contributed by atoms with Crippen LogP contribution < -0.4 is 20.5 Å². The Morgan fingerprint density at radius 2 is 1.89 bits per heavy atom. The Hall–Kier alpha value is -3.22. The van der Waals surface area contributed by atoms with Gasteiger partial charge in [-0.2, -0.15) is 0 Å². The Kier molecular flexibility index (Phi) is 6.37. The monoisotopic (exact) mass is 384 g/mol. The van der Waals surface area contributed by atoms with E-state index in [4.69, 9.17) is 13.9 Å². The standard InChI is InChI=1S/C21H24N2O5/c1-26-18-10-9-15(14-19(18)27-2)11-12-22-20(24)8-5-13-23-16-6-3-4-7-17(16)28-21(23)25/h3-4,6-7,9-10,14H,5,8,11-13H2,1-2H3,(H,22,24). The number of benzene rings is 2. The number of hydrogen-bond donors (Lipinski definition) is 1. The number of carbonyl (C=O) groups excluding carboxylic acids is 1. The number of carbonyl (C=O) groups is 1. The number of methoxy groups -OCH3 is 2. The van der Waals surface area contributed by atoms with Crippen molar-refractivity contribution in [2.45, 2.75) is 25.8 Å². The van der Waals surface area contributed by atoms with Crippen molar-refractivity contribution in [3.05, 3.63) is 58.6 Å². The molecule has 1 heterocycles. The summed E-state index contributed by atoms with van der Waals surface area (Å²) in [6, 6.07) is 13.0. The second kappa shape index (κ2) is 9.12. The fourth-order valence-corrected chi connectivity index (χ4v) is 3.09. The van der Waals surface area contributed by atoms with E-state index in [1.807, 2.05) is 36.4 Å². The number of fused-ring (bicyclic) bond motifs is 1. The van der Waals surface area contributed by atoms with Crippen LogP contribution in [0.1, 0.15) is 18.4 Å². The zero-order chi connectivity index (χ0) is 19.9. The smallest absolute Gasteiger partial charge is 0.419 e. The third kappa shape index (κ3) is 4.54. The molecule has 148 valence electrons. The predicted octanol–water partition coefficient (Wildman–Crippen LogP) is 2.75. The zero-order valence-electron chi connectivity index (χ0n) is 16.1. The van der Waals surface area contributed by atoms with Crippen LogP contribution >= 0.6 is 0 Å². The van der Waals surface area contributed by atoms with Crippen LogP contribution in [0.15, 0.2) is 51.7 Å². The molecule has 1 aromatic heterocycles. The maximum Gasteiger partial charge on any atom is 0.419 e. The number of ether oxygens (including phenoxy) is 2. The molecule has 3 aromatic rings. The first-order valence-electron chi connectivity index (χ1n) is 9.18. The molecule has 0 saturated heterocycles. The quantitative estimate of drug-likeness (QED) is 0.613. The molecule has 7 nitrogen and oxygen atoms in total. The Labute approximate surface area is 162 Å². The highest BCUT2D eigenvalue weighted by molar-refractivity contribution is 5.76. The van der Waals surface area contributed by atoms with Crippen LogP contribution in [0, 0.1) is 0 Å². The largest absolute Gasteiger partial charge is 0.493 e. The highest BCUT2D eigenvalue weighted by Crippen LogP contribution is 2.27. The minimum Gasteiger partial charge on any atom is -0.493 e. The van der Waals surface area contributed by atoms with Gasteiger partial charge in [-0.15, -0.1) is 0 Å². The molecule has 0 bridgehead atoms. The van der Waals surface area contributed by atoms with Crippen LogP contribution in [0.2, 0.25) is 0 Å². The lowest BCUT2D eigenvalue weighted by molar-refractivity contribution is -0.121. The number of nitrogens with one attached hydrogen (secondary N) is 1. The van der Waals surface area contributed by atoms with Crippen molar-refractivity contribution in [1.82, 2.24) is 9.88 Å². The first-order chi connectivity index (χ1) is 13.6. The van der Waals surface area contributed by atoms with Gasteiger partial charge in [-0.05, 0) is 42.7 Å². The number of oxazole rings is 1. The molecule has 0 aliphatic rings. The molecule has 0 saturated carbocycles. The van der Waals surface area contributed by atoms with Crippen molar-refractivity contribution < 1.29 is 18.7 Å². The molecule has 3 rings (SSSR count). The summed E-state index contributed by atoms with van der Waals surface area (Å²) < 4.78 is 17.3. The lowest BCUT2D eigenvalue weighted by Crippen LogP contribution is -2.26. The van der Waals surface area contributed by atoms with E-state index >= 15 is 0 Å². The van der Waals surface area contributed by atoms with E-state index in [-0.39, 0.29) is 5.91 Å². The summed E-state index contributed by atoms with van der Waals surface area (Å²) in [5.41, 5.74) is 2.36. The summed E-state index contributed by atoms with van der Waals surface area (Å²) in [5.74, 6) is 0.915. The van der Waals surface area contributed by atoms with Gasteiger partial charge in [0.05, 0.1) is 19.7 Å². The highest BCUT2D eigenvalue weighted by Gasteiger charge is 2.09. The molecule has 0 aliphatic carbocycles. The maximum atomic E-state index is 12.1. The summed E-state index contributed by atoms with van der Waals surface area (Å²) in [6.45, 7) is 0.974. The van der Waals surface area contributed by atoms with Gasteiger partial charge in [0.25, 0.3) is 0 Å². The van der Waals surface area contributed by atoms with Crippen LogP contribution in [0.5, 0.6) is 11.5 Å². The molecule has 28 heavy (non-hydrogen) atoms. The molecular formula is C21H24N2O5. The van der Waals surface area contributed by atoms with Gasteiger partial charge in [-0.25, -0.2) is 4.79 Å². The van der Waals surface area contributed by atoms with Crippen LogP contribution in [0.3, 0.4) is 0 Å². The first kappa shape index (κ1) is 19.5. The summed E-state index contributed by atoms with van der Waals surface area (Å²) >= 11 is 0. The Morgan fingerprint density at radius 3 is 2.68 bits per heavy atom. The average Bonchev–Trinajstić information content (AvgIpc) is 3.03. The van der Waals surface area contributed by atoms with E-state index in [0.717, 1.165) is 11.1 Å². The number of hydrogen-bond acceptors (Lipinski definition) is 5. The fourth-order valence-electron chi connectivity index (χ4n) is 3.09. The van der Waals surface area contributed by atoms with Gasteiger partial charge in [-0.3, -0.25) is 9.36 Å². The van der Waals surface area contributed by atoms with E-state index in [1.165, 1.54) is 0 Å². The van der Waals surface area contributed by atoms with Gasteiger partial charge in [0.15, 0.2) is 17.1 Å². The van der Waals surface area contributed by atoms with Gasteiger partial charge in [0.1, 0.15) is 0 Å². The van der Waals surface area contributed by atoms with Gasteiger partial charge in [0, 0.05) is 19.5 Å². The molecule has 0 atom stereocenters. The van der Waals surface area contributed by atoms with E-state index in [2.05, 4.69) is 5.32 Å². The SMILES string of the molecule is COc1ccc(CCNC(=O)CCCn2c(=O)oc3ccccc32)cc1OC. The molecule has 2 aromatic carbocycles. The molecule has 1 N–H and O–H groups in total. The van der Waals surface area contributed by atoms with Crippen LogP contribution in [-0.4, -0.2) is 31.2 Å². The Bertz CT molecular complexity index is 1010. The van der Waals surface area contributed by atoms with Gasteiger partial charge < -0.3 is 19.2 Å². The second-order valence-electron chi connectivity index (χ2n) is 6.38. The molecule has 0 aliphatic heterocycles. The zero-order valence-corrected chi connectivity index (χ0v) is 16.1. The molecule has 7 heteroatoms. The fraction of sp³-hybridized carbons (Fsp3) is 0.333. The van der Waals surface area contributed by atoms with Crippen molar-refractivity contribution in [3.8, 4) is 11.5 Å². The van der Waals surface area contributed by atoms with E-state index in [0.29, 0.717) is 49.4 Å². The summed E-state index contributed by atoms with van der Waals surface area (Å²) in [7, 11) is 3.19. The Morgan fingerprint density at radius 1 is 1.11 bits per heavy atom. The number of rotatable bonds is 9. The average molecular weight is 384 g/mol. The second-order valence-corrected chi connectivity index (χ2v) is 6.38. The van der Waals surface area contributed by atoms with Gasteiger partial charge in [0.2, 0.25) is 5.91 Å². The number of aromatic nitrogens is 1. The minimum atomic E-state index is -0.393. The molecule has 0 spiro atoms. The molecule has 0 radical (unpaired) electrons. The van der Waals surface area contributed by atoms with Gasteiger partial charge >= 0.3 is 5.76 Å². The van der Waals surface area contributed by atoms with E-state index in [9.17, 15) is 9.59 Å². The predicted molar refractivity (Wildman–Crippen MR) is 106 cm³/mol. The summed E-state index contributed by atoms with van der Waals surface area (Å²) in [6.07, 6.45) is 1.60. The topological polar surface area (TPSA) is 82.7 Å². The summed E-state index contributed by atoms with van der Waals surface area (Å²) in [5, 5.41) is 2.91. The first-order valence-corrected chi connectivity index (χ1v) is 9.18. The third-order valence-corrected chi connectivity index (χ3v) is 4.54. The minimum absolute atomic E-state index is 0.0404. The number of nitrogens with zero attached hydrogens (tertiary/aromatic N) is 1. The molecular weight excluding hydrogens is 360 g/mol. The molecule has 1 amide bonds. The lowest BCUT2D eigenvalue weighted by Gasteiger charge is -2.10. The molecule has 0 fully saturated rings. The Balaban J connectivity index is 1.45. The van der Waals surface area contributed by atoms with E-state index in [1.54, 1.807) is 24.9 Å². The maximum absolute atomic E-state index is 12.1. The normalized spacial score (nSPS) is 10.8. The van der Waals surface area contributed by atoms with Crippen molar-refractivity contribution in [3.63, 3.8) is 0 Å². The third-order valence-electron chi connectivity index (χ3n) is 4.54. The highest BCUT2D eigenvalue weighted by atomic mass is 16.5. The van der Waals surface area contributed by atoms with Crippen molar-refractivity contribution >= 4 is 17.0 Å². The van der Waals surface area contributed by atoms with Crippen molar-refractivity contribution in [1.29, 1.82) is 0 Å². The van der Waals surface area contributed by atoms with Gasteiger partial charge in [-0.1, -0.05) is 18.2 Å². The van der Waals surface area contributed by atoms with E-state index < -0.39 is 5.76 Å². The number of aryl methyl sites for hydroxylation is 1. The number of para-hydroxylation sites is 2. The summed E-state index contributed by atoms with van der Waals surface area (Å²) in [4.78, 5) is 24.0. The van der Waals surface area contributed by atoms with Crippen LogP contribution in [0.25, 0.3) is 11.1 Å². The van der Waals surface area contributed by atoms with Crippen molar-refractivity contribution in [2.75, 3.05) is 20.8 Å². The number of amides is 1.